The molecule has 0 radical (unpaired) electrons. The molecule has 0 aliphatic heterocycles. The standard InChI is InChI=1S/C11H13BrClNO/c1-7(2)14-11(15)5-8-3-4-9(12)6-10(8)13/h3-4,6-7H,5H2,1-2H3,(H,14,15). The van der Waals surface area contributed by atoms with Crippen LogP contribution in [0, 0.1) is 0 Å². The summed E-state index contributed by atoms with van der Waals surface area (Å²) >= 11 is 9.32. The monoisotopic (exact) mass is 289 g/mol. The molecule has 0 spiro atoms. The molecule has 1 N–H and O–H groups in total. The lowest BCUT2D eigenvalue weighted by Gasteiger charge is -2.09. The van der Waals surface area contributed by atoms with Crippen LogP contribution in [-0.4, -0.2) is 11.9 Å². The molecule has 0 aliphatic rings. The molecule has 0 bridgehead atoms. The summed E-state index contributed by atoms with van der Waals surface area (Å²) in [4.78, 5) is 11.5. The third-order valence-electron chi connectivity index (χ3n) is 1.82. The molecular formula is C11H13BrClNO. The van der Waals surface area contributed by atoms with Crippen molar-refractivity contribution in [2.24, 2.45) is 0 Å². The molecule has 1 amide bonds. The Labute approximate surface area is 103 Å². The number of benzene rings is 1. The third-order valence-corrected chi connectivity index (χ3v) is 2.66. The van der Waals surface area contributed by atoms with E-state index in [0.717, 1.165) is 10.0 Å². The quantitative estimate of drug-likeness (QED) is 0.910. The molecular weight excluding hydrogens is 277 g/mol. The molecule has 0 fully saturated rings. The zero-order valence-corrected chi connectivity index (χ0v) is 11.0. The van der Waals surface area contributed by atoms with Crippen molar-refractivity contribution in [2.75, 3.05) is 0 Å². The molecule has 0 saturated carbocycles. The Hall–Kier alpha value is -0.540. The fourth-order valence-corrected chi connectivity index (χ4v) is 1.95. The van der Waals surface area contributed by atoms with Crippen LogP contribution in [-0.2, 0) is 11.2 Å². The predicted octanol–water partition coefficient (Wildman–Crippen LogP) is 3.17. The summed E-state index contributed by atoms with van der Waals surface area (Å²) in [5.74, 6) is -0.00535. The predicted molar refractivity (Wildman–Crippen MR) is 66.1 cm³/mol. The highest BCUT2D eigenvalue weighted by Crippen LogP contribution is 2.21. The number of nitrogens with one attached hydrogen (secondary N) is 1. The van der Waals surface area contributed by atoms with Crippen LogP contribution in [0.3, 0.4) is 0 Å². The lowest BCUT2D eigenvalue weighted by atomic mass is 10.1. The zero-order valence-electron chi connectivity index (χ0n) is 8.68. The van der Waals surface area contributed by atoms with E-state index < -0.39 is 0 Å². The van der Waals surface area contributed by atoms with Crippen LogP contribution < -0.4 is 5.32 Å². The Morgan fingerprint density at radius 2 is 2.20 bits per heavy atom. The van der Waals surface area contributed by atoms with E-state index in [0.29, 0.717) is 11.4 Å². The van der Waals surface area contributed by atoms with E-state index in [1.807, 2.05) is 26.0 Å². The topological polar surface area (TPSA) is 29.1 Å². The molecule has 0 aliphatic carbocycles. The van der Waals surface area contributed by atoms with Gasteiger partial charge < -0.3 is 5.32 Å². The maximum absolute atomic E-state index is 11.5. The van der Waals surface area contributed by atoms with Crippen molar-refractivity contribution in [2.45, 2.75) is 26.3 Å². The van der Waals surface area contributed by atoms with Crippen LogP contribution in [0.2, 0.25) is 5.02 Å². The van der Waals surface area contributed by atoms with E-state index in [9.17, 15) is 4.79 Å². The van der Waals surface area contributed by atoms with Crippen molar-refractivity contribution in [1.82, 2.24) is 5.32 Å². The molecule has 15 heavy (non-hydrogen) atoms. The largest absolute Gasteiger partial charge is 0.354 e. The SMILES string of the molecule is CC(C)NC(=O)Cc1ccc(Br)cc1Cl. The number of amides is 1. The van der Waals surface area contributed by atoms with Gasteiger partial charge in [-0.2, -0.15) is 0 Å². The van der Waals surface area contributed by atoms with E-state index in [2.05, 4.69) is 21.2 Å². The van der Waals surface area contributed by atoms with Crippen LogP contribution in [0.5, 0.6) is 0 Å². The Kier molecular flexibility index (Phi) is 4.61. The third kappa shape index (κ3) is 4.22. The molecule has 0 atom stereocenters. The van der Waals surface area contributed by atoms with Crippen LogP contribution in [0.1, 0.15) is 19.4 Å². The van der Waals surface area contributed by atoms with Crippen molar-refractivity contribution in [3.8, 4) is 0 Å². The fraction of sp³-hybridized carbons (Fsp3) is 0.364. The van der Waals surface area contributed by atoms with Gasteiger partial charge in [0.2, 0.25) is 5.91 Å². The molecule has 82 valence electrons. The second-order valence-electron chi connectivity index (χ2n) is 3.63. The first-order valence-electron chi connectivity index (χ1n) is 4.72. The first kappa shape index (κ1) is 12.5. The summed E-state index contributed by atoms with van der Waals surface area (Å²) in [5, 5.41) is 3.44. The molecule has 2 nitrogen and oxygen atoms in total. The van der Waals surface area contributed by atoms with Gasteiger partial charge in [-0.15, -0.1) is 0 Å². The van der Waals surface area contributed by atoms with E-state index >= 15 is 0 Å². The van der Waals surface area contributed by atoms with Gasteiger partial charge in [0.25, 0.3) is 0 Å². The normalized spacial score (nSPS) is 10.5. The summed E-state index contributed by atoms with van der Waals surface area (Å²) in [6.45, 7) is 3.86. The first-order chi connectivity index (χ1) is 6.99. The van der Waals surface area contributed by atoms with E-state index in [-0.39, 0.29) is 11.9 Å². The van der Waals surface area contributed by atoms with Gasteiger partial charge >= 0.3 is 0 Å². The smallest absolute Gasteiger partial charge is 0.224 e. The Balaban J connectivity index is 2.68. The molecule has 1 rings (SSSR count). The fourth-order valence-electron chi connectivity index (χ4n) is 1.21. The van der Waals surface area contributed by atoms with Gasteiger partial charge in [0.05, 0.1) is 6.42 Å². The minimum absolute atomic E-state index is 0.00535. The Morgan fingerprint density at radius 1 is 1.53 bits per heavy atom. The molecule has 0 saturated heterocycles. The van der Waals surface area contributed by atoms with Gasteiger partial charge in [-0.05, 0) is 31.5 Å². The maximum atomic E-state index is 11.5. The molecule has 0 aromatic heterocycles. The number of hydrogen-bond donors (Lipinski definition) is 1. The lowest BCUT2D eigenvalue weighted by Crippen LogP contribution is -2.31. The zero-order chi connectivity index (χ0) is 11.4. The highest BCUT2D eigenvalue weighted by molar-refractivity contribution is 9.10. The molecule has 4 heteroatoms. The van der Waals surface area contributed by atoms with Crippen LogP contribution >= 0.6 is 27.5 Å². The van der Waals surface area contributed by atoms with Crippen molar-refractivity contribution in [1.29, 1.82) is 0 Å². The second kappa shape index (κ2) is 5.52. The second-order valence-corrected chi connectivity index (χ2v) is 4.96. The van der Waals surface area contributed by atoms with Crippen molar-refractivity contribution < 1.29 is 4.79 Å². The first-order valence-corrected chi connectivity index (χ1v) is 5.89. The summed E-state index contributed by atoms with van der Waals surface area (Å²) < 4.78 is 0.917. The average molecular weight is 291 g/mol. The van der Waals surface area contributed by atoms with E-state index in [1.165, 1.54) is 0 Å². The highest BCUT2D eigenvalue weighted by Gasteiger charge is 2.08. The maximum Gasteiger partial charge on any atom is 0.224 e. The van der Waals surface area contributed by atoms with Gasteiger partial charge in [0.15, 0.2) is 0 Å². The Morgan fingerprint density at radius 3 is 2.73 bits per heavy atom. The molecule has 0 heterocycles. The molecule has 0 unspecified atom stereocenters. The van der Waals surface area contributed by atoms with Gasteiger partial charge in [-0.3, -0.25) is 4.79 Å². The van der Waals surface area contributed by atoms with Crippen LogP contribution in [0.4, 0.5) is 0 Å². The lowest BCUT2D eigenvalue weighted by molar-refractivity contribution is -0.120. The van der Waals surface area contributed by atoms with Crippen molar-refractivity contribution in [3.05, 3.63) is 33.3 Å². The summed E-state index contributed by atoms with van der Waals surface area (Å²) in [6, 6.07) is 5.68. The minimum atomic E-state index is -0.00535. The minimum Gasteiger partial charge on any atom is -0.354 e. The van der Waals surface area contributed by atoms with E-state index in [1.54, 1.807) is 6.07 Å². The summed E-state index contributed by atoms with van der Waals surface area (Å²) in [7, 11) is 0. The number of rotatable bonds is 3. The van der Waals surface area contributed by atoms with E-state index in [4.69, 9.17) is 11.6 Å². The van der Waals surface area contributed by atoms with Gasteiger partial charge in [0, 0.05) is 15.5 Å². The Bertz CT molecular complexity index is 366. The van der Waals surface area contributed by atoms with Crippen molar-refractivity contribution >= 4 is 33.4 Å². The van der Waals surface area contributed by atoms with Crippen LogP contribution in [0.15, 0.2) is 22.7 Å². The van der Waals surface area contributed by atoms with Gasteiger partial charge in [-0.1, -0.05) is 33.6 Å². The average Bonchev–Trinajstić information content (AvgIpc) is 2.08. The number of halogens is 2. The summed E-state index contributed by atoms with van der Waals surface area (Å²) in [5.41, 5.74) is 0.845. The molecule has 1 aromatic carbocycles. The van der Waals surface area contributed by atoms with Gasteiger partial charge in [-0.25, -0.2) is 0 Å². The highest BCUT2D eigenvalue weighted by atomic mass is 79.9. The van der Waals surface area contributed by atoms with Gasteiger partial charge in [0.1, 0.15) is 0 Å². The van der Waals surface area contributed by atoms with Crippen LogP contribution in [0.25, 0.3) is 0 Å². The molecule has 1 aromatic rings. The number of hydrogen-bond acceptors (Lipinski definition) is 1. The van der Waals surface area contributed by atoms with Crippen molar-refractivity contribution in [3.63, 3.8) is 0 Å². The number of carbonyl (C=O) groups excluding carboxylic acids is 1. The number of carbonyl (C=O) groups is 1. The summed E-state index contributed by atoms with van der Waals surface area (Å²) in [6.07, 6.45) is 0.324.